The van der Waals surface area contributed by atoms with Crippen LogP contribution in [-0.4, -0.2) is 35.0 Å². The lowest BCUT2D eigenvalue weighted by Gasteiger charge is -2.43. The average molecular weight is 598 g/mol. The SMILES string of the molecule is CC1=C(C(=O)N2CCC[C@H](C(=O)Nc3ccc(C)c(C(F)(F)F)c3)[C@@H]2c2ccc(NC3CCCC3)cc2)C(C)(F)CC=C1. The number of amides is 2. The van der Waals surface area contributed by atoms with Gasteiger partial charge in [0.2, 0.25) is 5.91 Å². The van der Waals surface area contributed by atoms with Crippen molar-refractivity contribution >= 4 is 23.2 Å². The first-order chi connectivity index (χ1) is 20.3. The molecule has 0 spiro atoms. The van der Waals surface area contributed by atoms with E-state index >= 15 is 4.39 Å². The molecule has 2 aliphatic carbocycles. The first-order valence-electron chi connectivity index (χ1n) is 15.1. The highest BCUT2D eigenvalue weighted by molar-refractivity contribution is 5.99. The van der Waals surface area contributed by atoms with Gasteiger partial charge >= 0.3 is 6.18 Å². The van der Waals surface area contributed by atoms with Crippen molar-refractivity contribution in [3.8, 4) is 0 Å². The van der Waals surface area contributed by atoms with Crippen molar-refractivity contribution in [2.24, 2.45) is 5.92 Å². The fourth-order valence-electron chi connectivity index (χ4n) is 6.82. The Labute approximate surface area is 250 Å². The van der Waals surface area contributed by atoms with Crippen LogP contribution >= 0.6 is 0 Å². The third kappa shape index (κ3) is 6.65. The number of anilines is 2. The van der Waals surface area contributed by atoms with Crippen LogP contribution in [0.3, 0.4) is 0 Å². The first kappa shape index (κ1) is 30.8. The van der Waals surface area contributed by atoms with Gasteiger partial charge in [0.05, 0.1) is 23.1 Å². The fraction of sp³-hybridized carbons (Fsp3) is 0.471. The second-order valence-electron chi connectivity index (χ2n) is 12.3. The van der Waals surface area contributed by atoms with Crippen LogP contribution in [0, 0.1) is 12.8 Å². The van der Waals surface area contributed by atoms with Crippen LogP contribution in [0.5, 0.6) is 0 Å². The number of nitrogens with zero attached hydrogens (tertiary/aromatic N) is 1. The molecule has 230 valence electrons. The van der Waals surface area contributed by atoms with Crippen LogP contribution in [0.1, 0.15) is 81.5 Å². The zero-order valence-corrected chi connectivity index (χ0v) is 24.9. The lowest BCUT2D eigenvalue weighted by atomic mass is 9.80. The van der Waals surface area contributed by atoms with E-state index in [0.717, 1.165) is 30.2 Å². The number of hydrogen-bond donors (Lipinski definition) is 2. The largest absolute Gasteiger partial charge is 0.416 e. The average Bonchev–Trinajstić information content (AvgIpc) is 3.46. The van der Waals surface area contributed by atoms with E-state index in [9.17, 15) is 22.8 Å². The number of rotatable bonds is 6. The maximum atomic E-state index is 15.7. The molecule has 3 atom stereocenters. The third-order valence-corrected chi connectivity index (χ3v) is 9.02. The first-order valence-corrected chi connectivity index (χ1v) is 15.1. The monoisotopic (exact) mass is 597 g/mol. The van der Waals surface area contributed by atoms with Gasteiger partial charge in [-0.2, -0.15) is 13.2 Å². The smallest absolute Gasteiger partial charge is 0.382 e. The van der Waals surface area contributed by atoms with E-state index in [1.807, 2.05) is 24.3 Å². The molecule has 2 fully saturated rings. The van der Waals surface area contributed by atoms with Crippen molar-refractivity contribution in [3.05, 3.63) is 82.5 Å². The minimum absolute atomic E-state index is 0.0357. The van der Waals surface area contributed by atoms with Crippen LogP contribution in [-0.2, 0) is 15.8 Å². The van der Waals surface area contributed by atoms with E-state index < -0.39 is 41.2 Å². The molecule has 1 aliphatic heterocycles. The molecule has 0 aromatic heterocycles. The third-order valence-electron chi connectivity index (χ3n) is 9.02. The number of hydrogen-bond acceptors (Lipinski definition) is 3. The van der Waals surface area contributed by atoms with Gasteiger partial charge in [-0.1, -0.05) is 43.2 Å². The number of allylic oxidation sites excluding steroid dienone is 3. The molecule has 2 N–H and O–H groups in total. The Kier molecular flexibility index (Phi) is 8.72. The molecule has 2 aromatic carbocycles. The second-order valence-corrected chi connectivity index (χ2v) is 12.3. The lowest BCUT2D eigenvalue weighted by molar-refractivity contribution is -0.139. The maximum absolute atomic E-state index is 15.7. The molecule has 2 aromatic rings. The Morgan fingerprint density at radius 2 is 1.63 bits per heavy atom. The Bertz CT molecular complexity index is 1420. The van der Waals surface area contributed by atoms with Gasteiger partial charge in [-0.05, 0) is 87.4 Å². The highest BCUT2D eigenvalue weighted by Gasteiger charge is 2.44. The highest BCUT2D eigenvalue weighted by atomic mass is 19.4. The maximum Gasteiger partial charge on any atom is 0.416 e. The summed E-state index contributed by atoms with van der Waals surface area (Å²) < 4.78 is 56.5. The van der Waals surface area contributed by atoms with Gasteiger partial charge in [0, 0.05) is 30.4 Å². The van der Waals surface area contributed by atoms with Crippen molar-refractivity contribution < 1.29 is 27.2 Å². The molecule has 3 aliphatic rings. The second kappa shape index (κ2) is 12.2. The van der Waals surface area contributed by atoms with Crippen LogP contribution in [0.2, 0.25) is 0 Å². The predicted molar refractivity (Wildman–Crippen MR) is 160 cm³/mol. The molecule has 1 unspecified atom stereocenters. The Balaban J connectivity index is 1.48. The Morgan fingerprint density at radius 3 is 2.28 bits per heavy atom. The topological polar surface area (TPSA) is 61.4 Å². The molecule has 2 amide bonds. The van der Waals surface area contributed by atoms with Crippen molar-refractivity contribution in [1.29, 1.82) is 0 Å². The predicted octanol–water partition coefficient (Wildman–Crippen LogP) is 8.29. The highest BCUT2D eigenvalue weighted by Crippen LogP contribution is 2.42. The summed E-state index contributed by atoms with van der Waals surface area (Å²) in [7, 11) is 0. The molecule has 1 heterocycles. The van der Waals surface area contributed by atoms with Crippen molar-refractivity contribution in [2.75, 3.05) is 17.2 Å². The summed E-state index contributed by atoms with van der Waals surface area (Å²) in [5, 5.41) is 6.23. The van der Waals surface area contributed by atoms with Crippen molar-refractivity contribution in [3.63, 3.8) is 0 Å². The van der Waals surface area contributed by atoms with Crippen LogP contribution < -0.4 is 10.6 Å². The van der Waals surface area contributed by atoms with E-state index in [4.69, 9.17) is 0 Å². The molecule has 5 nitrogen and oxygen atoms in total. The fourth-order valence-corrected chi connectivity index (χ4v) is 6.82. The molecular formula is C34H39F4N3O2. The van der Waals surface area contributed by atoms with Crippen LogP contribution in [0.25, 0.3) is 0 Å². The van der Waals surface area contributed by atoms with E-state index in [-0.39, 0.29) is 23.2 Å². The van der Waals surface area contributed by atoms with Gasteiger partial charge in [-0.25, -0.2) is 4.39 Å². The summed E-state index contributed by atoms with van der Waals surface area (Å²) in [6.45, 7) is 4.81. The van der Waals surface area contributed by atoms with Crippen LogP contribution in [0.15, 0.2) is 65.8 Å². The molecule has 1 saturated carbocycles. The zero-order chi connectivity index (χ0) is 30.9. The molecule has 43 heavy (non-hydrogen) atoms. The van der Waals surface area contributed by atoms with Crippen molar-refractivity contribution in [2.45, 2.75) is 89.6 Å². The van der Waals surface area contributed by atoms with Gasteiger partial charge in [-0.15, -0.1) is 0 Å². The molecule has 0 radical (unpaired) electrons. The van der Waals surface area contributed by atoms with Gasteiger partial charge in [0.1, 0.15) is 5.67 Å². The number of likely N-dealkylation sites (tertiary alicyclic amines) is 1. The number of alkyl halides is 4. The number of carbonyl (C=O) groups excluding carboxylic acids is 2. The summed E-state index contributed by atoms with van der Waals surface area (Å²) in [6, 6.07) is 11.0. The number of carbonyl (C=O) groups is 2. The van der Waals surface area contributed by atoms with E-state index in [1.54, 1.807) is 24.0 Å². The molecule has 0 bridgehead atoms. The lowest BCUT2D eigenvalue weighted by Crippen LogP contribution is -2.49. The van der Waals surface area contributed by atoms with Crippen molar-refractivity contribution in [1.82, 2.24) is 4.90 Å². The minimum Gasteiger partial charge on any atom is -0.382 e. The summed E-state index contributed by atoms with van der Waals surface area (Å²) in [5.41, 5.74) is -0.302. The van der Waals surface area contributed by atoms with E-state index in [0.29, 0.717) is 31.0 Å². The zero-order valence-electron chi connectivity index (χ0n) is 24.9. The van der Waals surface area contributed by atoms with Gasteiger partial charge in [0.25, 0.3) is 5.91 Å². The molecule has 5 rings (SSSR count). The molecule has 9 heteroatoms. The summed E-state index contributed by atoms with van der Waals surface area (Å²) in [4.78, 5) is 29.5. The van der Waals surface area contributed by atoms with E-state index in [1.165, 1.54) is 38.8 Å². The molecular weight excluding hydrogens is 558 g/mol. The van der Waals surface area contributed by atoms with E-state index in [2.05, 4.69) is 10.6 Å². The van der Waals surface area contributed by atoms with Gasteiger partial charge in [-0.3, -0.25) is 9.59 Å². The molecule has 1 saturated heterocycles. The summed E-state index contributed by atoms with van der Waals surface area (Å²) >= 11 is 0. The quantitative estimate of drug-likeness (QED) is 0.330. The minimum atomic E-state index is -4.56. The number of piperidine rings is 1. The van der Waals surface area contributed by atoms with Crippen LogP contribution in [0.4, 0.5) is 28.9 Å². The Morgan fingerprint density at radius 1 is 0.953 bits per heavy atom. The standard InChI is InChI=1S/C34H39F4N3O2/c1-21-12-15-26(20-28(21)34(36,37)38)40-31(42)27-11-7-19-41(32(43)29-22(2)8-6-18-33(29,3)35)30(27)23-13-16-25(17-14-23)39-24-9-4-5-10-24/h6,8,12-17,20,24,27,30,39H,4-5,7,9-11,18-19H2,1-3H3,(H,40,42)/t27-,30-,33?/m0/s1. The normalized spacial score (nSPS) is 24.8. The number of aryl methyl sites for hydroxylation is 1. The summed E-state index contributed by atoms with van der Waals surface area (Å²) in [5.74, 6) is -1.70. The number of nitrogens with one attached hydrogen (secondary N) is 2. The number of halogens is 4. The van der Waals surface area contributed by atoms with Gasteiger partial charge in [0.15, 0.2) is 0 Å². The summed E-state index contributed by atoms with van der Waals surface area (Å²) in [6.07, 6.45) is 4.48. The number of benzene rings is 2. The van der Waals surface area contributed by atoms with Gasteiger partial charge < -0.3 is 15.5 Å². The Hall–Kier alpha value is -3.62.